The fraction of sp³-hybridized carbons (Fsp3) is 0.567. The van der Waals surface area contributed by atoms with Crippen LogP contribution in [0, 0.1) is 17.8 Å². The highest BCUT2D eigenvalue weighted by atomic mass is 16.5. The average molecular weight is 496 g/mol. The van der Waals surface area contributed by atoms with Crippen molar-refractivity contribution in [3.05, 3.63) is 64.7 Å². The third kappa shape index (κ3) is 6.09. The molecule has 0 N–H and O–H groups in total. The van der Waals surface area contributed by atoms with Crippen LogP contribution in [0.4, 0.5) is 0 Å². The molecule has 0 spiro atoms. The molecular weight excluding hydrogens is 452 g/mol. The molecule has 36 heavy (non-hydrogen) atoms. The van der Waals surface area contributed by atoms with Gasteiger partial charge in [-0.2, -0.15) is 0 Å². The lowest BCUT2D eigenvalue weighted by Gasteiger charge is -2.43. The number of aryl methyl sites for hydroxylation is 1. The third-order valence-corrected chi connectivity index (χ3v) is 6.90. The zero-order valence-electron chi connectivity index (χ0n) is 23.1. The van der Waals surface area contributed by atoms with E-state index in [2.05, 4.69) is 51.7 Å². The number of carbonyl (C=O) groups is 1. The van der Waals surface area contributed by atoms with Gasteiger partial charge in [-0.05, 0) is 60.4 Å². The number of amides is 1. The summed E-state index contributed by atoms with van der Waals surface area (Å²) < 4.78 is 17.8. The molecule has 1 aliphatic rings. The van der Waals surface area contributed by atoms with Gasteiger partial charge in [-0.1, -0.05) is 46.8 Å². The number of hydrogen-bond donors (Lipinski definition) is 0. The van der Waals surface area contributed by atoms with Crippen molar-refractivity contribution in [1.29, 1.82) is 0 Å². The van der Waals surface area contributed by atoms with Gasteiger partial charge in [0.2, 0.25) is 5.88 Å². The molecule has 2 aromatic rings. The van der Waals surface area contributed by atoms with Crippen LogP contribution in [0.5, 0.6) is 5.88 Å². The van der Waals surface area contributed by atoms with Crippen LogP contribution in [0.3, 0.4) is 0 Å². The number of hydrogen-bond acceptors (Lipinski definition) is 5. The van der Waals surface area contributed by atoms with E-state index in [1.807, 2.05) is 29.3 Å². The Labute approximate surface area is 217 Å². The first-order valence-corrected chi connectivity index (χ1v) is 13.2. The van der Waals surface area contributed by atoms with Crippen LogP contribution >= 0.6 is 0 Å². The Hall–Kier alpha value is -2.44. The molecule has 1 saturated heterocycles. The molecule has 1 radical (unpaired) electrons. The molecule has 1 amide bonds. The van der Waals surface area contributed by atoms with E-state index in [-0.39, 0.29) is 5.91 Å². The van der Waals surface area contributed by atoms with Gasteiger partial charge in [-0.3, -0.25) is 4.79 Å². The Kier molecular flexibility index (Phi) is 9.92. The van der Waals surface area contributed by atoms with E-state index in [1.54, 1.807) is 14.2 Å². The van der Waals surface area contributed by atoms with Crippen LogP contribution < -0.4 is 4.74 Å². The summed E-state index contributed by atoms with van der Waals surface area (Å²) in [5, 5.41) is 0. The maximum absolute atomic E-state index is 13.4. The summed E-state index contributed by atoms with van der Waals surface area (Å²) in [6.45, 7) is 13.4. The summed E-state index contributed by atoms with van der Waals surface area (Å²) >= 11 is 0. The van der Waals surface area contributed by atoms with Crippen molar-refractivity contribution in [1.82, 2.24) is 9.88 Å². The van der Waals surface area contributed by atoms with Crippen LogP contribution in [0.25, 0.3) is 0 Å². The lowest BCUT2D eigenvalue weighted by molar-refractivity contribution is -0.0203. The lowest BCUT2D eigenvalue weighted by Crippen LogP contribution is -2.41. The first-order valence-electron chi connectivity index (χ1n) is 13.2. The second-order valence-electron chi connectivity index (χ2n) is 10.4. The molecule has 1 fully saturated rings. The second-order valence-corrected chi connectivity index (χ2v) is 10.4. The van der Waals surface area contributed by atoms with Crippen LogP contribution in [0.2, 0.25) is 0 Å². The highest BCUT2D eigenvalue weighted by Gasteiger charge is 2.45. The van der Waals surface area contributed by atoms with Crippen LogP contribution in [0.1, 0.15) is 74.5 Å². The Bertz CT molecular complexity index is 978. The van der Waals surface area contributed by atoms with Crippen molar-refractivity contribution >= 4 is 5.91 Å². The quantitative estimate of drug-likeness (QED) is 0.401. The van der Waals surface area contributed by atoms with Crippen LogP contribution in [0.15, 0.2) is 36.5 Å². The van der Waals surface area contributed by atoms with Gasteiger partial charge in [0, 0.05) is 43.4 Å². The van der Waals surface area contributed by atoms with Crippen molar-refractivity contribution in [2.45, 2.75) is 59.5 Å². The number of morpholine rings is 1. The zero-order valence-corrected chi connectivity index (χ0v) is 23.1. The molecular formula is C30H43N2O4. The first kappa shape index (κ1) is 28.1. The summed E-state index contributed by atoms with van der Waals surface area (Å²) in [5.74, 6) is 2.54. The van der Waals surface area contributed by atoms with Gasteiger partial charge in [0.25, 0.3) is 5.91 Å². The van der Waals surface area contributed by atoms with E-state index in [1.165, 1.54) is 5.56 Å². The Morgan fingerprint density at radius 2 is 1.83 bits per heavy atom. The number of nitrogens with zero attached hydrogens (tertiary/aromatic N) is 2. The molecule has 1 aromatic carbocycles. The molecule has 0 aliphatic carbocycles. The molecule has 0 saturated carbocycles. The predicted octanol–water partition coefficient (Wildman–Crippen LogP) is 5.68. The summed E-state index contributed by atoms with van der Waals surface area (Å²) in [4.78, 5) is 19.9. The van der Waals surface area contributed by atoms with Gasteiger partial charge in [-0.25, -0.2) is 4.98 Å². The largest absolute Gasteiger partial charge is 0.481 e. The standard InChI is InChI=1S/C30H43N2O4/c1-8-23-12-13-31-28(34-6)27(23)26(18-21(2)3)30(35-7,20-22(4)5)25-11-9-10-24(19-25)29(33)32-14-16-36-17-15-32/h9-13,19,21-22H,8,14-18,20H2,1-7H3. The minimum Gasteiger partial charge on any atom is -0.481 e. The normalized spacial score (nSPS) is 16.0. The number of carbonyl (C=O) groups excluding carboxylic acids is 1. The Morgan fingerprint density at radius 3 is 2.42 bits per heavy atom. The number of ether oxygens (including phenoxy) is 3. The summed E-state index contributed by atoms with van der Waals surface area (Å²) in [5.41, 5.74) is 3.14. The van der Waals surface area contributed by atoms with E-state index in [4.69, 9.17) is 14.2 Å². The van der Waals surface area contributed by atoms with Crippen LogP contribution in [-0.2, 0) is 21.5 Å². The minimum atomic E-state index is -0.736. The predicted molar refractivity (Wildman–Crippen MR) is 143 cm³/mol. The summed E-state index contributed by atoms with van der Waals surface area (Å²) in [6, 6.07) is 10.1. The Morgan fingerprint density at radius 1 is 1.11 bits per heavy atom. The van der Waals surface area contributed by atoms with Crippen molar-refractivity contribution in [2.24, 2.45) is 11.8 Å². The summed E-state index contributed by atoms with van der Waals surface area (Å²) in [6.07, 6.45) is 4.25. The number of rotatable bonds is 11. The highest BCUT2D eigenvalue weighted by Crippen LogP contribution is 2.50. The molecule has 1 aliphatic heterocycles. The lowest BCUT2D eigenvalue weighted by atomic mass is 9.68. The fourth-order valence-electron chi connectivity index (χ4n) is 5.30. The maximum Gasteiger partial charge on any atom is 0.254 e. The number of methoxy groups -OCH3 is 2. The van der Waals surface area contributed by atoms with Crippen LogP contribution in [-0.4, -0.2) is 56.3 Å². The zero-order chi connectivity index (χ0) is 26.3. The SMILES string of the molecule is CCc1ccnc(OC)c1[C](CC(C)C)C(CC(C)C)(OC)c1cccc(C(=O)N2CCOCC2)c1. The van der Waals surface area contributed by atoms with Gasteiger partial charge in [0.1, 0.15) is 5.60 Å². The van der Waals surface area contributed by atoms with E-state index in [0.29, 0.717) is 49.6 Å². The molecule has 197 valence electrons. The number of benzene rings is 1. The molecule has 3 rings (SSSR count). The van der Waals surface area contributed by atoms with Gasteiger partial charge < -0.3 is 19.1 Å². The van der Waals surface area contributed by atoms with Gasteiger partial charge in [0.05, 0.1) is 20.3 Å². The van der Waals surface area contributed by atoms with E-state index < -0.39 is 5.60 Å². The van der Waals surface area contributed by atoms with E-state index in [0.717, 1.165) is 36.3 Å². The smallest absolute Gasteiger partial charge is 0.254 e. The number of pyridine rings is 1. The van der Waals surface area contributed by atoms with Crippen molar-refractivity contribution in [2.75, 3.05) is 40.5 Å². The molecule has 0 bridgehead atoms. The topological polar surface area (TPSA) is 60.9 Å². The van der Waals surface area contributed by atoms with E-state index >= 15 is 0 Å². The number of aromatic nitrogens is 1. The van der Waals surface area contributed by atoms with Crippen molar-refractivity contribution < 1.29 is 19.0 Å². The van der Waals surface area contributed by atoms with Gasteiger partial charge in [0.15, 0.2) is 0 Å². The van der Waals surface area contributed by atoms with E-state index in [9.17, 15) is 4.79 Å². The van der Waals surface area contributed by atoms with Crippen molar-refractivity contribution in [3.8, 4) is 5.88 Å². The molecule has 6 nitrogen and oxygen atoms in total. The second kappa shape index (κ2) is 12.7. The van der Waals surface area contributed by atoms with Crippen molar-refractivity contribution in [3.63, 3.8) is 0 Å². The minimum absolute atomic E-state index is 0.0355. The molecule has 1 aromatic heterocycles. The molecule has 6 heteroatoms. The monoisotopic (exact) mass is 495 g/mol. The fourth-order valence-corrected chi connectivity index (χ4v) is 5.30. The molecule has 1 atom stereocenters. The molecule has 2 heterocycles. The maximum atomic E-state index is 13.4. The summed E-state index contributed by atoms with van der Waals surface area (Å²) in [7, 11) is 3.46. The van der Waals surface area contributed by atoms with Gasteiger partial charge in [-0.15, -0.1) is 0 Å². The third-order valence-electron chi connectivity index (χ3n) is 6.90. The van der Waals surface area contributed by atoms with Gasteiger partial charge >= 0.3 is 0 Å². The highest BCUT2D eigenvalue weighted by molar-refractivity contribution is 5.94. The average Bonchev–Trinajstić information content (AvgIpc) is 2.90. The first-order chi connectivity index (χ1) is 17.3. The Balaban J connectivity index is 2.21. The molecule has 1 unspecified atom stereocenters.